The normalized spacial score (nSPS) is 20.3. The van der Waals surface area contributed by atoms with Crippen molar-refractivity contribution in [3.8, 4) is 0 Å². The molecule has 5 rings (SSSR count). The Morgan fingerprint density at radius 1 is 1.22 bits per heavy atom. The van der Waals surface area contributed by atoms with Gasteiger partial charge in [0.25, 0.3) is 0 Å². The zero-order chi connectivity index (χ0) is 25.8. The molecule has 196 valence electrons. The number of allylic oxidation sites excluding steroid dienone is 2. The number of ether oxygens (including phenoxy) is 1. The van der Waals surface area contributed by atoms with Gasteiger partial charge in [0, 0.05) is 43.4 Å². The number of halogens is 1. The molecule has 3 N–H and O–H groups in total. The lowest BCUT2D eigenvalue weighted by atomic mass is 9.79. The average Bonchev–Trinajstić information content (AvgIpc) is 2.87. The predicted molar refractivity (Wildman–Crippen MR) is 148 cm³/mol. The van der Waals surface area contributed by atoms with Crippen LogP contribution < -0.4 is 16.0 Å². The number of benzene rings is 1. The molecule has 1 spiro atoms. The summed E-state index contributed by atoms with van der Waals surface area (Å²) in [5.41, 5.74) is 8.27. The van der Waals surface area contributed by atoms with E-state index in [1.54, 1.807) is 18.3 Å². The van der Waals surface area contributed by atoms with Crippen LogP contribution in [0.2, 0.25) is 0 Å². The van der Waals surface area contributed by atoms with Gasteiger partial charge in [0.1, 0.15) is 5.82 Å². The Labute approximate surface area is 218 Å². The van der Waals surface area contributed by atoms with Crippen LogP contribution in [0.25, 0.3) is 5.70 Å². The maximum Gasteiger partial charge on any atom is 0.229 e. The van der Waals surface area contributed by atoms with Crippen LogP contribution in [0.3, 0.4) is 0 Å². The van der Waals surface area contributed by atoms with Gasteiger partial charge in [-0.15, -0.1) is 0 Å². The van der Waals surface area contributed by atoms with Crippen molar-refractivity contribution >= 4 is 29.4 Å². The summed E-state index contributed by atoms with van der Waals surface area (Å²) in [5, 5.41) is 3.24. The first kappa shape index (κ1) is 25.4. The highest BCUT2D eigenvalue weighted by molar-refractivity contribution is 5.84. The number of hydrogen-bond donors (Lipinski definition) is 2. The first-order valence-corrected chi connectivity index (χ1v) is 13.4. The molecule has 0 radical (unpaired) electrons. The molecule has 3 aliphatic rings. The summed E-state index contributed by atoms with van der Waals surface area (Å²) in [6.07, 6.45) is 13.8. The van der Waals surface area contributed by atoms with Gasteiger partial charge in [-0.3, -0.25) is 4.99 Å². The lowest BCUT2D eigenvalue weighted by Gasteiger charge is -2.44. The summed E-state index contributed by atoms with van der Waals surface area (Å²) in [4.78, 5) is 15.8. The molecular formula is C29H37FN6O. The topological polar surface area (TPSA) is 88.7 Å². The van der Waals surface area contributed by atoms with Crippen LogP contribution in [0, 0.1) is 5.82 Å². The molecule has 0 unspecified atom stereocenters. The third kappa shape index (κ3) is 5.54. The minimum Gasteiger partial charge on any atom is -0.398 e. The zero-order valence-corrected chi connectivity index (χ0v) is 21.7. The van der Waals surface area contributed by atoms with E-state index in [0.717, 1.165) is 76.0 Å². The number of nitrogens with two attached hydrogens (primary N) is 1. The van der Waals surface area contributed by atoms with E-state index >= 15 is 4.39 Å². The fraction of sp³-hybridized carbons (Fsp3) is 0.483. The second kappa shape index (κ2) is 11.0. The molecule has 2 aromatic rings. The van der Waals surface area contributed by atoms with Crippen LogP contribution in [-0.4, -0.2) is 41.5 Å². The molecule has 3 fully saturated rings. The number of aromatic nitrogens is 2. The maximum atomic E-state index is 16.0. The molecule has 1 aliphatic carbocycles. The molecule has 3 heterocycles. The third-order valence-electron chi connectivity index (χ3n) is 7.95. The van der Waals surface area contributed by atoms with Crippen LogP contribution in [0.5, 0.6) is 0 Å². The number of piperidine rings is 1. The van der Waals surface area contributed by atoms with Crippen molar-refractivity contribution in [2.24, 2.45) is 10.7 Å². The summed E-state index contributed by atoms with van der Waals surface area (Å²) in [6.45, 7) is 8.13. The van der Waals surface area contributed by atoms with Crippen molar-refractivity contribution in [3.63, 3.8) is 0 Å². The lowest BCUT2D eigenvalue weighted by molar-refractivity contribution is -0.0921. The molecule has 37 heavy (non-hydrogen) atoms. The molecular weight excluding hydrogens is 467 g/mol. The van der Waals surface area contributed by atoms with Crippen molar-refractivity contribution < 1.29 is 9.13 Å². The number of aliphatic imine (C=N–C) groups is 1. The van der Waals surface area contributed by atoms with Gasteiger partial charge in [-0.1, -0.05) is 25.1 Å². The standard InChI is InChI=1S/C29H37FN6O/c1-3-24(33-19-20(2)31)23-10-9-22(21-7-6-8-21)27(26(23)30)35-28-32-15-11-25(34-28)36-16-13-29(14-17-36)12-4-5-18-37-29/h3,9-11,15,19,21H,2,4-8,12-14,16-18,31H2,1H3,(H,32,34,35)/b24-3-,33-19-. The monoisotopic (exact) mass is 504 g/mol. The third-order valence-corrected chi connectivity index (χ3v) is 7.95. The molecule has 8 heteroatoms. The van der Waals surface area contributed by atoms with E-state index in [4.69, 9.17) is 15.5 Å². The highest BCUT2D eigenvalue weighted by atomic mass is 19.1. The molecule has 0 atom stereocenters. The molecule has 1 aromatic carbocycles. The molecule has 0 amide bonds. The van der Waals surface area contributed by atoms with Crippen LogP contribution >= 0.6 is 0 Å². The predicted octanol–water partition coefficient (Wildman–Crippen LogP) is 6.07. The summed E-state index contributed by atoms with van der Waals surface area (Å²) in [5.74, 6) is 1.21. The Morgan fingerprint density at radius 3 is 2.68 bits per heavy atom. The molecule has 7 nitrogen and oxygen atoms in total. The van der Waals surface area contributed by atoms with Crippen LogP contribution in [0.1, 0.15) is 75.3 Å². The van der Waals surface area contributed by atoms with E-state index in [1.165, 1.54) is 12.6 Å². The number of hydrogen-bond acceptors (Lipinski definition) is 7. The fourth-order valence-corrected chi connectivity index (χ4v) is 5.57. The second-order valence-electron chi connectivity index (χ2n) is 10.4. The minimum atomic E-state index is -0.361. The average molecular weight is 505 g/mol. The van der Waals surface area contributed by atoms with Gasteiger partial charge >= 0.3 is 0 Å². The number of nitrogens with zero attached hydrogens (tertiary/aromatic N) is 4. The minimum absolute atomic E-state index is 0.0351. The van der Waals surface area contributed by atoms with Crippen molar-refractivity contribution in [1.29, 1.82) is 0 Å². The summed E-state index contributed by atoms with van der Waals surface area (Å²) < 4.78 is 22.2. The highest BCUT2D eigenvalue weighted by Crippen LogP contribution is 2.43. The molecule has 1 saturated carbocycles. The summed E-state index contributed by atoms with van der Waals surface area (Å²) in [6, 6.07) is 5.73. The van der Waals surface area contributed by atoms with Gasteiger partial charge in [-0.05, 0) is 75.5 Å². The number of rotatable bonds is 7. The van der Waals surface area contributed by atoms with E-state index in [9.17, 15) is 0 Å². The number of nitrogens with one attached hydrogen (secondary N) is 1. The molecule has 2 aliphatic heterocycles. The van der Waals surface area contributed by atoms with Crippen LogP contribution in [-0.2, 0) is 4.74 Å². The Hall–Kier alpha value is -3.26. The SMILES string of the molecule is C=C(N)/C=N\C(=C/C)c1ccc(C2CCC2)c(Nc2nccc(N3CCC4(CCCCO4)CC3)n2)c1F. The van der Waals surface area contributed by atoms with Crippen LogP contribution in [0.4, 0.5) is 21.8 Å². The van der Waals surface area contributed by atoms with Gasteiger partial charge in [-0.2, -0.15) is 4.98 Å². The van der Waals surface area contributed by atoms with Gasteiger partial charge < -0.3 is 20.7 Å². The molecule has 2 saturated heterocycles. The van der Waals surface area contributed by atoms with Crippen molar-refractivity contribution in [2.75, 3.05) is 29.9 Å². The highest BCUT2D eigenvalue weighted by Gasteiger charge is 2.37. The zero-order valence-electron chi connectivity index (χ0n) is 21.7. The van der Waals surface area contributed by atoms with E-state index in [2.05, 4.69) is 26.8 Å². The Bertz CT molecular complexity index is 1190. The largest absolute Gasteiger partial charge is 0.398 e. The van der Waals surface area contributed by atoms with Gasteiger partial charge in [0.2, 0.25) is 5.95 Å². The van der Waals surface area contributed by atoms with Gasteiger partial charge in [0.05, 0.1) is 17.0 Å². The van der Waals surface area contributed by atoms with Crippen LogP contribution in [0.15, 0.2) is 47.7 Å². The van der Waals surface area contributed by atoms with E-state index < -0.39 is 0 Å². The first-order valence-electron chi connectivity index (χ1n) is 13.4. The molecule has 0 bridgehead atoms. The van der Waals surface area contributed by atoms with Crippen molar-refractivity contribution in [2.45, 2.75) is 69.8 Å². The van der Waals surface area contributed by atoms with E-state index in [-0.39, 0.29) is 11.4 Å². The molecule has 1 aromatic heterocycles. The lowest BCUT2D eigenvalue weighted by Crippen LogP contribution is -2.48. The first-order chi connectivity index (χ1) is 18.0. The summed E-state index contributed by atoms with van der Waals surface area (Å²) >= 11 is 0. The fourth-order valence-electron chi connectivity index (χ4n) is 5.57. The van der Waals surface area contributed by atoms with Gasteiger partial charge in [-0.25, -0.2) is 9.37 Å². The Morgan fingerprint density at radius 2 is 2.03 bits per heavy atom. The Kier molecular flexibility index (Phi) is 7.55. The van der Waals surface area contributed by atoms with E-state index in [0.29, 0.717) is 34.5 Å². The van der Waals surface area contributed by atoms with E-state index in [1.807, 2.05) is 19.1 Å². The maximum absolute atomic E-state index is 16.0. The number of anilines is 3. The van der Waals surface area contributed by atoms with Crippen molar-refractivity contribution in [3.05, 3.63) is 59.7 Å². The Balaban J connectivity index is 1.40. The quantitative estimate of drug-likeness (QED) is 0.445. The van der Waals surface area contributed by atoms with Crippen molar-refractivity contribution in [1.82, 2.24) is 9.97 Å². The smallest absolute Gasteiger partial charge is 0.229 e. The summed E-state index contributed by atoms with van der Waals surface area (Å²) in [7, 11) is 0. The van der Waals surface area contributed by atoms with Gasteiger partial charge in [0.15, 0.2) is 5.82 Å². The second-order valence-corrected chi connectivity index (χ2v) is 10.4.